The van der Waals surface area contributed by atoms with Gasteiger partial charge in [-0.1, -0.05) is 201 Å². The highest BCUT2D eigenvalue weighted by Gasteiger charge is 2.35. The third kappa shape index (κ3) is 42.1. The number of imide groups is 1. The second kappa shape index (κ2) is 47.7. The van der Waals surface area contributed by atoms with Crippen molar-refractivity contribution in [1.82, 2.24) is 10.2 Å². The van der Waals surface area contributed by atoms with Crippen LogP contribution in [0.15, 0.2) is 0 Å². The predicted molar refractivity (Wildman–Crippen MR) is 286 cm³/mol. The van der Waals surface area contributed by atoms with Crippen molar-refractivity contribution in [2.75, 3.05) is 59.3 Å². The van der Waals surface area contributed by atoms with Gasteiger partial charge in [0.1, 0.15) is 19.0 Å². The molecule has 0 spiro atoms. The lowest BCUT2D eigenvalue weighted by molar-refractivity contribution is -0.161. The van der Waals surface area contributed by atoms with E-state index in [9.17, 15) is 38.2 Å². The fraction of sp³-hybridized carbons (Fsp3) is 0.893. The monoisotopic (exact) mass is 1060 g/mol. The number of phosphoric ester groups is 1. The van der Waals surface area contributed by atoms with Crippen LogP contribution in [0.1, 0.15) is 252 Å². The van der Waals surface area contributed by atoms with Crippen molar-refractivity contribution in [1.29, 1.82) is 0 Å². The Morgan fingerprint density at radius 1 is 0.575 bits per heavy atom. The van der Waals surface area contributed by atoms with Crippen LogP contribution < -0.4 is 5.32 Å². The van der Waals surface area contributed by atoms with Gasteiger partial charge in [0.25, 0.3) is 0 Å². The maximum atomic E-state index is 12.8. The molecule has 3 unspecified atom stereocenters. The topological polar surface area (TPSA) is 210 Å². The summed E-state index contributed by atoms with van der Waals surface area (Å²) >= 11 is 0. The number of carbonyl (C=O) groups excluding carboxylic acids is 6. The fourth-order valence-corrected chi connectivity index (χ4v) is 9.47. The van der Waals surface area contributed by atoms with Crippen LogP contribution in [0.3, 0.4) is 0 Å². The van der Waals surface area contributed by atoms with E-state index in [1.54, 1.807) is 6.92 Å². The number of amides is 3. The van der Waals surface area contributed by atoms with Gasteiger partial charge in [-0.3, -0.25) is 42.7 Å². The van der Waals surface area contributed by atoms with Crippen molar-refractivity contribution in [2.45, 2.75) is 258 Å². The average Bonchev–Trinajstić information content (AvgIpc) is 3.61. The molecule has 0 radical (unpaired) electrons. The van der Waals surface area contributed by atoms with Crippen LogP contribution >= 0.6 is 7.82 Å². The van der Waals surface area contributed by atoms with E-state index in [2.05, 4.69) is 19.2 Å². The van der Waals surface area contributed by atoms with Gasteiger partial charge in [-0.05, 0) is 19.3 Å². The third-order valence-corrected chi connectivity index (χ3v) is 14.2. The van der Waals surface area contributed by atoms with Gasteiger partial charge in [0, 0.05) is 57.7 Å². The summed E-state index contributed by atoms with van der Waals surface area (Å²) in [6.45, 7) is 5.30. The Balaban J connectivity index is 2.33. The van der Waals surface area contributed by atoms with Crippen LogP contribution in [0.4, 0.5) is 0 Å². The molecule has 17 heteroatoms. The lowest BCUT2D eigenvalue weighted by Gasteiger charge is -2.20. The molecule has 0 saturated carbocycles. The van der Waals surface area contributed by atoms with E-state index in [0.29, 0.717) is 25.9 Å². The molecule has 3 atom stereocenters. The molecule has 1 heterocycles. The van der Waals surface area contributed by atoms with Crippen LogP contribution in [0.5, 0.6) is 0 Å². The number of ketones is 1. The van der Waals surface area contributed by atoms with Gasteiger partial charge in [-0.2, -0.15) is 0 Å². The Labute approximate surface area is 441 Å². The zero-order valence-electron chi connectivity index (χ0n) is 46.1. The van der Waals surface area contributed by atoms with Crippen LogP contribution in [0, 0.1) is 5.92 Å². The van der Waals surface area contributed by atoms with E-state index in [-0.39, 0.29) is 102 Å². The third-order valence-electron chi connectivity index (χ3n) is 13.2. The van der Waals surface area contributed by atoms with E-state index >= 15 is 0 Å². The molecule has 1 aliphatic heterocycles. The highest BCUT2D eigenvalue weighted by atomic mass is 31.2. The Kier molecular flexibility index (Phi) is 44.6. The molecule has 1 saturated heterocycles. The fourth-order valence-electron chi connectivity index (χ4n) is 8.72. The summed E-state index contributed by atoms with van der Waals surface area (Å²) in [7, 11) is -4.64. The molecule has 0 aliphatic carbocycles. The van der Waals surface area contributed by atoms with E-state index in [0.717, 1.165) is 43.4 Å². The molecule has 16 nitrogen and oxygen atoms in total. The number of ether oxygens (including phenoxy) is 4. The molecule has 1 aliphatic rings. The van der Waals surface area contributed by atoms with Crippen molar-refractivity contribution in [3.05, 3.63) is 0 Å². The summed E-state index contributed by atoms with van der Waals surface area (Å²) in [6.07, 6.45) is 36.7. The van der Waals surface area contributed by atoms with Gasteiger partial charge in [0.05, 0.1) is 26.4 Å². The standard InChI is InChI=1S/C56H103N2O14P/c1-4-6-8-10-12-14-16-18-20-22-24-26-28-30-32-36-54(62)69-46-51(72-55(63)37-33-31-29-27-25-23-21-19-17-15-13-11-9-7-5-2)47-71-73(65,66)70-42-39-57-52(60)48-68-44-43-67-41-34-35-50(59)38-40-58-53(61)45-49(3)56(58)64/h49,51H,4-48H2,1-3H3,(H,57,60)(H,65,66). The van der Waals surface area contributed by atoms with E-state index in [4.69, 9.17) is 28.0 Å². The summed E-state index contributed by atoms with van der Waals surface area (Å²) in [5, 5.41) is 2.52. The molecular weight excluding hydrogens is 956 g/mol. The SMILES string of the molecule is CCCCCCCCCCCCCCCCCC(=O)OCC(COP(=O)(O)OCCNC(=O)COCCOCCCC(=O)CCN1C(=O)CC(C)C1=O)OC(=O)CCCCCCCCCCCCCCCCC. The second-order valence-corrected chi connectivity index (χ2v) is 21.6. The smallest absolute Gasteiger partial charge is 0.462 e. The maximum absolute atomic E-state index is 12.8. The molecule has 73 heavy (non-hydrogen) atoms. The number of nitrogens with one attached hydrogen (secondary N) is 1. The Morgan fingerprint density at radius 2 is 1.04 bits per heavy atom. The number of carbonyl (C=O) groups is 6. The zero-order valence-corrected chi connectivity index (χ0v) is 47.0. The first-order valence-corrected chi connectivity index (χ1v) is 30.6. The lowest BCUT2D eigenvalue weighted by Crippen LogP contribution is -2.32. The maximum Gasteiger partial charge on any atom is 0.472 e. The minimum atomic E-state index is -4.64. The number of hydrogen-bond acceptors (Lipinski definition) is 13. The Hall–Kier alpha value is -2.75. The highest BCUT2D eigenvalue weighted by molar-refractivity contribution is 7.47. The summed E-state index contributed by atoms with van der Waals surface area (Å²) in [6, 6.07) is 0. The normalized spacial score (nSPS) is 14.9. The molecule has 3 amide bonds. The first-order valence-electron chi connectivity index (χ1n) is 29.1. The van der Waals surface area contributed by atoms with Crippen molar-refractivity contribution in [3.8, 4) is 0 Å². The minimum Gasteiger partial charge on any atom is -0.462 e. The Bertz CT molecular complexity index is 1480. The zero-order chi connectivity index (χ0) is 53.5. The van der Waals surface area contributed by atoms with Gasteiger partial charge in [0.15, 0.2) is 6.10 Å². The number of unbranched alkanes of at least 4 members (excludes halogenated alkanes) is 28. The largest absolute Gasteiger partial charge is 0.472 e. The molecule has 2 N–H and O–H groups in total. The van der Waals surface area contributed by atoms with Crippen LogP contribution in [-0.4, -0.2) is 111 Å². The van der Waals surface area contributed by atoms with Gasteiger partial charge >= 0.3 is 19.8 Å². The molecule has 0 aromatic heterocycles. The number of Topliss-reactive ketones (excluding diaryl/α,β-unsaturated/α-hetero) is 1. The lowest BCUT2D eigenvalue weighted by atomic mass is 10.0. The number of esters is 2. The number of phosphoric acid groups is 1. The molecule has 426 valence electrons. The van der Waals surface area contributed by atoms with Crippen LogP contribution in [0.2, 0.25) is 0 Å². The van der Waals surface area contributed by atoms with Crippen molar-refractivity contribution in [2.24, 2.45) is 5.92 Å². The summed E-state index contributed by atoms with van der Waals surface area (Å²) < 4.78 is 44.7. The van der Waals surface area contributed by atoms with Crippen LogP contribution in [0.25, 0.3) is 0 Å². The Morgan fingerprint density at radius 3 is 1.52 bits per heavy atom. The van der Waals surface area contributed by atoms with Crippen molar-refractivity contribution >= 4 is 43.3 Å². The molecule has 1 fully saturated rings. The summed E-state index contributed by atoms with van der Waals surface area (Å²) in [4.78, 5) is 85.2. The average molecular weight is 1060 g/mol. The van der Waals surface area contributed by atoms with Gasteiger partial charge in [-0.25, -0.2) is 4.57 Å². The molecule has 1 rings (SSSR count). The number of nitrogens with zero attached hydrogens (tertiary/aromatic N) is 1. The van der Waals surface area contributed by atoms with Crippen molar-refractivity contribution < 1.29 is 66.2 Å². The highest BCUT2D eigenvalue weighted by Crippen LogP contribution is 2.43. The molecule has 0 bridgehead atoms. The van der Waals surface area contributed by atoms with Gasteiger partial charge in [0.2, 0.25) is 17.7 Å². The van der Waals surface area contributed by atoms with E-state index in [1.807, 2.05) is 0 Å². The minimum absolute atomic E-state index is 0.0614. The van der Waals surface area contributed by atoms with Gasteiger partial charge in [-0.15, -0.1) is 0 Å². The number of rotatable bonds is 54. The quantitative estimate of drug-likeness (QED) is 0.0251. The van der Waals surface area contributed by atoms with Crippen LogP contribution in [-0.2, 0) is 61.3 Å². The summed E-state index contributed by atoms with van der Waals surface area (Å²) in [5.74, 6) is -2.29. The van der Waals surface area contributed by atoms with Crippen molar-refractivity contribution in [3.63, 3.8) is 0 Å². The first-order chi connectivity index (χ1) is 35.4. The first kappa shape index (κ1) is 68.3. The van der Waals surface area contributed by atoms with E-state index < -0.39 is 38.4 Å². The molecule has 0 aromatic rings. The number of likely N-dealkylation sites (tertiary alicyclic amines) is 1. The predicted octanol–water partition coefficient (Wildman–Crippen LogP) is 12.4. The summed E-state index contributed by atoms with van der Waals surface area (Å²) in [5.41, 5.74) is 0. The van der Waals surface area contributed by atoms with Gasteiger partial charge < -0.3 is 29.2 Å². The second-order valence-electron chi connectivity index (χ2n) is 20.2. The molecule has 0 aromatic carbocycles. The molecular formula is C56H103N2O14P. The van der Waals surface area contributed by atoms with E-state index in [1.165, 1.54) is 141 Å². The number of hydrogen-bond donors (Lipinski definition) is 2.